The summed E-state index contributed by atoms with van der Waals surface area (Å²) >= 11 is 0. The lowest BCUT2D eigenvalue weighted by Gasteiger charge is -2.54. The average molecular weight is 513 g/mol. The highest BCUT2D eigenvalue weighted by molar-refractivity contribution is 6.24. The number of carbonyl (C=O) groups excluding carboxylic acids is 4. The molecule has 0 spiro atoms. The highest BCUT2D eigenvalue weighted by atomic mass is 16.5. The number of hydrogen-bond acceptors (Lipinski definition) is 10. The van der Waals surface area contributed by atoms with Crippen molar-refractivity contribution in [2.45, 2.75) is 43.4 Å². The van der Waals surface area contributed by atoms with Gasteiger partial charge in [0.1, 0.15) is 28.9 Å². The first-order chi connectivity index (χ1) is 17.3. The molecule has 4 aliphatic rings. The van der Waals surface area contributed by atoms with Crippen molar-refractivity contribution in [1.82, 2.24) is 4.90 Å². The van der Waals surface area contributed by atoms with Crippen LogP contribution in [-0.2, 0) is 23.9 Å². The van der Waals surface area contributed by atoms with Crippen molar-refractivity contribution in [3.05, 3.63) is 46.2 Å². The number of fused-ring (bicyclic) bond motifs is 3. The number of ketones is 2. The monoisotopic (exact) mass is 512 g/mol. The number of phenolic OH excluding ortho intramolecular Hbond substituents is 1. The van der Waals surface area contributed by atoms with Crippen LogP contribution in [0.3, 0.4) is 0 Å². The molecule has 11 heteroatoms. The van der Waals surface area contributed by atoms with E-state index in [2.05, 4.69) is 0 Å². The molecule has 1 aromatic carbocycles. The summed E-state index contributed by atoms with van der Waals surface area (Å²) in [4.78, 5) is 54.0. The van der Waals surface area contributed by atoms with E-state index in [1.807, 2.05) is 0 Å². The van der Waals surface area contributed by atoms with E-state index >= 15 is 0 Å². The lowest BCUT2D eigenvalue weighted by Crippen LogP contribution is -2.71. The molecule has 5 rings (SSSR count). The number of nitrogens with two attached hydrogens (primary N) is 1. The van der Waals surface area contributed by atoms with Crippen molar-refractivity contribution in [3.8, 4) is 5.75 Å². The predicted molar refractivity (Wildman–Crippen MR) is 127 cm³/mol. The highest BCUT2D eigenvalue weighted by Crippen LogP contribution is 2.57. The second kappa shape index (κ2) is 8.15. The number of aliphatic hydroxyl groups is 3. The Morgan fingerprint density at radius 1 is 1.14 bits per heavy atom. The number of esters is 1. The Balaban J connectivity index is 1.83. The summed E-state index contributed by atoms with van der Waals surface area (Å²) in [6.45, 7) is 1.71. The molecule has 11 nitrogen and oxygen atoms in total. The Labute approximate surface area is 211 Å². The molecule has 0 heterocycles. The number of aliphatic hydroxyl groups excluding tert-OH is 2. The topological polar surface area (TPSA) is 188 Å². The van der Waals surface area contributed by atoms with E-state index in [1.54, 1.807) is 19.1 Å². The summed E-state index contributed by atoms with van der Waals surface area (Å²) in [5.74, 6) is -9.83. The van der Waals surface area contributed by atoms with Crippen molar-refractivity contribution in [1.29, 1.82) is 0 Å². The summed E-state index contributed by atoms with van der Waals surface area (Å²) in [7, 11) is 2.96. The fourth-order valence-electron chi connectivity index (χ4n) is 6.24. The zero-order chi connectivity index (χ0) is 27.1. The number of Topliss-reactive ketones (excluding diaryl/α,β-unsaturated/α-hetero) is 2. The predicted octanol–water partition coefficient (Wildman–Crippen LogP) is 0.457. The Morgan fingerprint density at radius 3 is 2.35 bits per heavy atom. The van der Waals surface area contributed by atoms with Crippen LogP contribution in [0, 0.1) is 17.8 Å². The van der Waals surface area contributed by atoms with E-state index in [1.165, 1.54) is 25.1 Å². The minimum absolute atomic E-state index is 0.0291. The first-order valence-electron chi connectivity index (χ1n) is 12.0. The third-order valence-corrected chi connectivity index (χ3v) is 8.13. The van der Waals surface area contributed by atoms with Gasteiger partial charge in [-0.3, -0.25) is 24.1 Å². The molecular formula is C26H28N2O9. The van der Waals surface area contributed by atoms with Crippen LogP contribution in [0.5, 0.6) is 5.75 Å². The molecule has 6 atom stereocenters. The first kappa shape index (κ1) is 25.0. The molecule has 1 amide bonds. The summed E-state index contributed by atoms with van der Waals surface area (Å²) < 4.78 is 5.92. The van der Waals surface area contributed by atoms with Crippen molar-refractivity contribution in [2.75, 3.05) is 14.1 Å². The summed E-state index contributed by atoms with van der Waals surface area (Å²) in [5, 5.41) is 44.8. The summed E-state index contributed by atoms with van der Waals surface area (Å²) in [5.41, 5.74) is 1.56. The number of benzene rings is 1. The van der Waals surface area contributed by atoms with Crippen molar-refractivity contribution < 1.29 is 44.3 Å². The maximum atomic E-state index is 14.1. The second-order valence-corrected chi connectivity index (χ2v) is 10.5. The third kappa shape index (κ3) is 3.27. The van der Waals surface area contributed by atoms with E-state index in [4.69, 9.17) is 10.5 Å². The maximum Gasteiger partial charge on any atom is 0.309 e. The Morgan fingerprint density at radius 2 is 1.78 bits per heavy atom. The molecule has 0 bridgehead atoms. The molecule has 196 valence electrons. The van der Waals surface area contributed by atoms with Crippen molar-refractivity contribution >= 4 is 29.2 Å². The Kier molecular flexibility index (Phi) is 5.50. The zero-order valence-corrected chi connectivity index (χ0v) is 20.5. The van der Waals surface area contributed by atoms with E-state index < -0.39 is 76.0 Å². The molecule has 0 aromatic heterocycles. The van der Waals surface area contributed by atoms with E-state index in [9.17, 15) is 39.6 Å². The first-order valence-corrected chi connectivity index (χ1v) is 12.0. The van der Waals surface area contributed by atoms with Gasteiger partial charge in [-0.05, 0) is 44.5 Å². The van der Waals surface area contributed by atoms with Crippen LogP contribution in [-0.4, -0.2) is 80.6 Å². The lowest BCUT2D eigenvalue weighted by molar-refractivity contribution is -0.186. The molecule has 6 unspecified atom stereocenters. The number of ether oxygens (including phenoxy) is 1. The number of hydrogen-bond donors (Lipinski definition) is 5. The van der Waals surface area contributed by atoms with Crippen LogP contribution in [0.4, 0.5) is 0 Å². The fourth-order valence-corrected chi connectivity index (χ4v) is 6.24. The molecule has 0 aliphatic heterocycles. The molecule has 2 saturated carbocycles. The number of likely N-dealkylation sites (N-methyl/N-ethyl adjacent to an activating group) is 1. The van der Waals surface area contributed by atoms with Gasteiger partial charge in [0, 0.05) is 11.5 Å². The van der Waals surface area contributed by atoms with E-state index in [-0.39, 0.29) is 22.8 Å². The number of primary amides is 1. The molecule has 4 aliphatic carbocycles. The van der Waals surface area contributed by atoms with E-state index in [0.717, 1.165) is 0 Å². The fraction of sp³-hybridized carbons (Fsp3) is 0.462. The smallest absolute Gasteiger partial charge is 0.309 e. The third-order valence-electron chi connectivity index (χ3n) is 8.13. The molecular weight excluding hydrogens is 484 g/mol. The van der Waals surface area contributed by atoms with Crippen LogP contribution in [0.1, 0.15) is 36.8 Å². The normalized spacial score (nSPS) is 33.2. The molecule has 37 heavy (non-hydrogen) atoms. The van der Waals surface area contributed by atoms with Gasteiger partial charge in [-0.2, -0.15) is 0 Å². The van der Waals surface area contributed by atoms with Gasteiger partial charge in [0.2, 0.25) is 5.78 Å². The number of amides is 1. The second-order valence-electron chi connectivity index (χ2n) is 10.5. The molecule has 6 N–H and O–H groups in total. The molecule has 2 fully saturated rings. The summed E-state index contributed by atoms with van der Waals surface area (Å²) in [6, 6.07) is 3.15. The van der Waals surface area contributed by atoms with Crippen LogP contribution < -0.4 is 5.73 Å². The number of aromatic hydroxyl groups is 1. The standard InChI is InChI=1S/C26H28N2O9/c1-9-11-5-4-6-12(29)14(11)19(30)15-13(9)21(37-25(35)10-7-8-10)17-18(28(2)3)20(31)16(24(27)34)23(33)26(17,36)22(15)32/h4-6,9-10,13,17-18,21,29-30,33,36H,7-8H2,1-3H3,(H2,27,34). The van der Waals surface area contributed by atoms with Gasteiger partial charge < -0.3 is 30.9 Å². The van der Waals surface area contributed by atoms with E-state index in [0.29, 0.717) is 18.4 Å². The number of rotatable bonds is 4. The zero-order valence-electron chi connectivity index (χ0n) is 20.5. The van der Waals surface area contributed by atoms with Crippen LogP contribution in [0.15, 0.2) is 35.1 Å². The van der Waals surface area contributed by atoms with Gasteiger partial charge in [0.05, 0.1) is 23.4 Å². The number of nitrogens with zero attached hydrogens (tertiary/aromatic N) is 1. The van der Waals surface area contributed by atoms with Gasteiger partial charge in [-0.25, -0.2) is 0 Å². The van der Waals surface area contributed by atoms with Crippen molar-refractivity contribution in [2.24, 2.45) is 23.5 Å². The SMILES string of the molecule is CC1c2cccc(O)c2C(O)=C2C(=O)C3(O)C(O)=C(C(N)=O)C(=O)C(N(C)C)C3C(OC(=O)C3CC3)C21. The van der Waals surface area contributed by atoms with Crippen molar-refractivity contribution in [3.63, 3.8) is 0 Å². The number of carbonyl (C=O) groups is 4. The Hall–Kier alpha value is -3.70. The van der Waals surface area contributed by atoms with Gasteiger partial charge >= 0.3 is 5.97 Å². The average Bonchev–Trinajstić information content (AvgIpc) is 3.66. The Bertz CT molecular complexity index is 1330. The lowest BCUT2D eigenvalue weighted by atomic mass is 9.54. The van der Waals surface area contributed by atoms with Gasteiger partial charge in [0.25, 0.3) is 5.91 Å². The maximum absolute atomic E-state index is 14.1. The van der Waals surface area contributed by atoms with Crippen LogP contribution in [0.25, 0.3) is 5.76 Å². The molecule has 0 radical (unpaired) electrons. The highest BCUT2D eigenvalue weighted by Gasteiger charge is 2.69. The van der Waals surface area contributed by atoms with Gasteiger partial charge in [0.15, 0.2) is 11.4 Å². The minimum Gasteiger partial charge on any atom is -0.508 e. The quantitative estimate of drug-likeness (QED) is 0.280. The minimum atomic E-state index is -2.93. The largest absolute Gasteiger partial charge is 0.508 e. The van der Waals surface area contributed by atoms with Crippen LogP contribution >= 0.6 is 0 Å². The number of phenols is 1. The molecule has 1 aromatic rings. The van der Waals surface area contributed by atoms with Gasteiger partial charge in [-0.15, -0.1) is 0 Å². The van der Waals surface area contributed by atoms with Crippen LogP contribution in [0.2, 0.25) is 0 Å². The van der Waals surface area contributed by atoms with Gasteiger partial charge in [-0.1, -0.05) is 19.1 Å². The molecule has 0 saturated heterocycles. The summed E-state index contributed by atoms with van der Waals surface area (Å²) in [6.07, 6.45) is -0.180.